The van der Waals surface area contributed by atoms with Crippen molar-refractivity contribution in [1.82, 2.24) is 9.62 Å². The first-order valence-electron chi connectivity index (χ1n) is 6.04. The topological polar surface area (TPSA) is 66.5 Å². The Kier molecular flexibility index (Phi) is 5.58. The molecule has 0 spiro atoms. The molecule has 5 nitrogen and oxygen atoms in total. The smallest absolute Gasteiger partial charge is 0.246 e. The summed E-state index contributed by atoms with van der Waals surface area (Å²) in [5.74, 6) is -2.42. The summed E-state index contributed by atoms with van der Waals surface area (Å²) >= 11 is 0. The number of carbonyl (C=O) groups excluding carboxylic acids is 1. The van der Waals surface area contributed by atoms with Crippen molar-refractivity contribution in [1.29, 1.82) is 0 Å². The average molecular weight is 306 g/mol. The van der Waals surface area contributed by atoms with Gasteiger partial charge in [0.2, 0.25) is 15.9 Å². The maximum atomic E-state index is 13.6. The molecule has 0 heterocycles. The van der Waals surface area contributed by atoms with E-state index in [1.54, 1.807) is 6.92 Å². The van der Waals surface area contributed by atoms with Crippen molar-refractivity contribution in [2.75, 3.05) is 19.6 Å². The van der Waals surface area contributed by atoms with Gasteiger partial charge in [0.1, 0.15) is 16.5 Å². The summed E-state index contributed by atoms with van der Waals surface area (Å²) in [6, 6.07) is 2.17. The third-order valence-corrected chi connectivity index (χ3v) is 4.49. The van der Waals surface area contributed by atoms with Crippen LogP contribution in [0, 0.1) is 11.6 Å². The van der Waals surface area contributed by atoms with Crippen molar-refractivity contribution in [2.45, 2.75) is 18.7 Å². The zero-order chi connectivity index (χ0) is 15.3. The van der Waals surface area contributed by atoms with Crippen LogP contribution in [-0.4, -0.2) is 38.3 Å². The Bertz CT molecular complexity index is 590. The Morgan fingerprint density at radius 3 is 2.50 bits per heavy atom. The quantitative estimate of drug-likeness (QED) is 0.856. The van der Waals surface area contributed by atoms with Gasteiger partial charge in [-0.2, -0.15) is 4.31 Å². The second-order valence-electron chi connectivity index (χ2n) is 3.96. The van der Waals surface area contributed by atoms with E-state index < -0.39 is 39.0 Å². The van der Waals surface area contributed by atoms with Crippen molar-refractivity contribution < 1.29 is 22.0 Å². The highest BCUT2D eigenvalue weighted by Crippen LogP contribution is 2.20. The first-order valence-corrected chi connectivity index (χ1v) is 7.48. The van der Waals surface area contributed by atoms with Crippen LogP contribution in [0.2, 0.25) is 0 Å². The molecule has 1 aromatic rings. The molecule has 8 heteroatoms. The van der Waals surface area contributed by atoms with Crippen LogP contribution < -0.4 is 5.32 Å². The maximum Gasteiger partial charge on any atom is 0.246 e. The molecule has 0 bridgehead atoms. The lowest BCUT2D eigenvalue weighted by Gasteiger charge is -2.20. The molecule has 112 valence electrons. The monoisotopic (exact) mass is 306 g/mol. The van der Waals surface area contributed by atoms with Crippen LogP contribution in [0.3, 0.4) is 0 Å². The van der Waals surface area contributed by atoms with E-state index in [0.29, 0.717) is 12.6 Å². The molecular formula is C12H16F2N2O3S. The molecule has 0 saturated carbocycles. The Balaban J connectivity index is 3.12. The molecule has 0 aliphatic rings. The van der Waals surface area contributed by atoms with E-state index in [-0.39, 0.29) is 6.54 Å². The molecule has 0 radical (unpaired) electrons. The van der Waals surface area contributed by atoms with Crippen LogP contribution in [0.15, 0.2) is 23.1 Å². The van der Waals surface area contributed by atoms with E-state index in [1.807, 2.05) is 0 Å². The van der Waals surface area contributed by atoms with E-state index in [2.05, 4.69) is 5.32 Å². The normalized spacial score (nSPS) is 11.7. The van der Waals surface area contributed by atoms with Crippen molar-refractivity contribution in [3.05, 3.63) is 29.8 Å². The molecule has 0 aromatic heterocycles. The van der Waals surface area contributed by atoms with Crippen LogP contribution in [0.4, 0.5) is 8.78 Å². The molecule has 0 fully saturated rings. The second kappa shape index (κ2) is 6.76. The highest BCUT2D eigenvalue weighted by atomic mass is 32.2. The van der Waals surface area contributed by atoms with E-state index in [4.69, 9.17) is 0 Å². The SMILES string of the molecule is CCNC(=O)CN(CC)S(=O)(=O)c1cc(F)ccc1F. The number of hydrogen-bond donors (Lipinski definition) is 1. The minimum Gasteiger partial charge on any atom is -0.355 e. The number of hydrogen-bond acceptors (Lipinski definition) is 3. The van der Waals surface area contributed by atoms with Gasteiger partial charge in [-0.3, -0.25) is 4.79 Å². The van der Waals surface area contributed by atoms with Gasteiger partial charge in [0.05, 0.1) is 6.54 Å². The first-order chi connectivity index (χ1) is 9.32. The number of rotatable bonds is 6. The fourth-order valence-corrected chi connectivity index (χ4v) is 3.08. The van der Waals surface area contributed by atoms with Gasteiger partial charge in [-0.1, -0.05) is 6.92 Å². The molecule has 1 amide bonds. The number of sulfonamides is 1. The van der Waals surface area contributed by atoms with Crippen molar-refractivity contribution >= 4 is 15.9 Å². The fraction of sp³-hybridized carbons (Fsp3) is 0.417. The van der Waals surface area contributed by atoms with Crippen molar-refractivity contribution in [2.24, 2.45) is 0 Å². The molecule has 0 saturated heterocycles. The van der Waals surface area contributed by atoms with Crippen molar-refractivity contribution in [3.8, 4) is 0 Å². The van der Waals surface area contributed by atoms with Crippen LogP contribution in [0.5, 0.6) is 0 Å². The summed E-state index contributed by atoms with van der Waals surface area (Å²) in [6.07, 6.45) is 0. The summed E-state index contributed by atoms with van der Waals surface area (Å²) in [5, 5.41) is 2.45. The minimum absolute atomic E-state index is 0.0323. The van der Waals surface area contributed by atoms with Gasteiger partial charge in [0.15, 0.2) is 0 Å². The molecule has 0 atom stereocenters. The number of nitrogens with zero attached hydrogens (tertiary/aromatic N) is 1. The van der Waals surface area contributed by atoms with Crippen LogP contribution >= 0.6 is 0 Å². The largest absolute Gasteiger partial charge is 0.355 e. The molecule has 1 aromatic carbocycles. The summed E-state index contributed by atoms with van der Waals surface area (Å²) in [7, 11) is -4.26. The zero-order valence-corrected chi connectivity index (χ0v) is 12.0. The third kappa shape index (κ3) is 3.73. The highest BCUT2D eigenvalue weighted by Gasteiger charge is 2.28. The Hall–Kier alpha value is -1.54. The van der Waals surface area contributed by atoms with Crippen LogP contribution in [0.1, 0.15) is 13.8 Å². The van der Waals surface area contributed by atoms with Gasteiger partial charge >= 0.3 is 0 Å². The van der Waals surface area contributed by atoms with Gasteiger partial charge in [-0.25, -0.2) is 17.2 Å². The van der Waals surface area contributed by atoms with E-state index in [9.17, 15) is 22.0 Å². The summed E-state index contributed by atoms with van der Waals surface area (Å²) in [5.41, 5.74) is 0. The molecule has 0 aliphatic carbocycles. The summed E-state index contributed by atoms with van der Waals surface area (Å²) in [6.45, 7) is 3.08. The van der Waals surface area contributed by atoms with Gasteiger partial charge in [-0.05, 0) is 25.1 Å². The molecule has 20 heavy (non-hydrogen) atoms. The number of carbonyl (C=O) groups is 1. The van der Waals surface area contributed by atoms with E-state index in [1.165, 1.54) is 6.92 Å². The number of benzene rings is 1. The van der Waals surface area contributed by atoms with Gasteiger partial charge < -0.3 is 5.32 Å². The lowest BCUT2D eigenvalue weighted by atomic mass is 10.3. The number of amides is 1. The Morgan fingerprint density at radius 2 is 1.95 bits per heavy atom. The van der Waals surface area contributed by atoms with E-state index in [0.717, 1.165) is 16.4 Å². The molecule has 1 rings (SSSR count). The first kappa shape index (κ1) is 16.5. The number of likely N-dealkylation sites (N-methyl/N-ethyl adjacent to an activating group) is 2. The summed E-state index contributed by atoms with van der Waals surface area (Å²) < 4.78 is 51.9. The average Bonchev–Trinajstić information content (AvgIpc) is 2.38. The number of halogens is 2. The van der Waals surface area contributed by atoms with Crippen LogP contribution in [-0.2, 0) is 14.8 Å². The summed E-state index contributed by atoms with van der Waals surface area (Å²) in [4.78, 5) is 10.7. The van der Waals surface area contributed by atoms with E-state index >= 15 is 0 Å². The number of nitrogens with one attached hydrogen (secondary N) is 1. The fourth-order valence-electron chi connectivity index (χ4n) is 1.59. The predicted octanol–water partition coefficient (Wildman–Crippen LogP) is 1.11. The van der Waals surface area contributed by atoms with Crippen LogP contribution in [0.25, 0.3) is 0 Å². The minimum atomic E-state index is -4.26. The van der Waals surface area contributed by atoms with Crippen molar-refractivity contribution in [3.63, 3.8) is 0 Å². The predicted molar refractivity (Wildman–Crippen MR) is 69.5 cm³/mol. The second-order valence-corrected chi connectivity index (χ2v) is 5.87. The molecule has 0 aliphatic heterocycles. The third-order valence-electron chi connectivity index (χ3n) is 2.56. The van der Waals surface area contributed by atoms with Gasteiger partial charge in [0.25, 0.3) is 0 Å². The lowest BCUT2D eigenvalue weighted by Crippen LogP contribution is -2.40. The van der Waals surface area contributed by atoms with Gasteiger partial charge in [0, 0.05) is 13.1 Å². The van der Waals surface area contributed by atoms with Gasteiger partial charge in [-0.15, -0.1) is 0 Å². The Morgan fingerprint density at radius 1 is 1.30 bits per heavy atom. The lowest BCUT2D eigenvalue weighted by molar-refractivity contribution is -0.121. The standard InChI is InChI=1S/C12H16F2N2O3S/c1-3-15-12(17)8-16(4-2)20(18,19)11-7-9(13)5-6-10(11)14/h5-7H,3-4,8H2,1-2H3,(H,15,17). The maximum absolute atomic E-state index is 13.6. The highest BCUT2D eigenvalue weighted by molar-refractivity contribution is 7.89. The molecular weight excluding hydrogens is 290 g/mol. The Labute approximate surface area is 116 Å². The molecule has 0 unspecified atom stereocenters. The molecule has 1 N–H and O–H groups in total. The zero-order valence-electron chi connectivity index (χ0n) is 11.2.